The van der Waals surface area contributed by atoms with Crippen molar-refractivity contribution in [3.63, 3.8) is 0 Å². The van der Waals surface area contributed by atoms with E-state index >= 15 is 0 Å². The standard InChI is InChI=1S/C16H24O4.C11H25NO2.C8H8O4/c1-15(2,3)19-12-8-11(10-17)9-13(14(12)18-7)20-16(4,5)6;1-10(2,3)13-9(12(7)8)14-11(4,5)6;1-12-8-6(10)2-5(4-9)3-7(8)11/h8-10H,1-7H3;9H,1-8H3;2-4,10-11H,1H3. The van der Waals surface area contributed by atoms with Crippen molar-refractivity contribution in [2.24, 2.45) is 0 Å². The molecule has 262 valence electrons. The van der Waals surface area contributed by atoms with E-state index in [1.807, 2.05) is 102 Å². The quantitative estimate of drug-likeness (QED) is 0.210. The van der Waals surface area contributed by atoms with Gasteiger partial charge in [0.1, 0.15) is 23.8 Å². The SMILES string of the molecule is CN(C)C(OC(C)(C)C)OC(C)(C)C.COc1c(O)cc(C=O)cc1O.COc1c(OC(C)(C)C)cc(C=O)cc1OC(C)(C)C. The van der Waals surface area contributed by atoms with E-state index in [-0.39, 0.29) is 40.4 Å². The van der Waals surface area contributed by atoms with Crippen LogP contribution >= 0.6 is 0 Å². The number of rotatable bonds is 9. The lowest BCUT2D eigenvalue weighted by atomic mass is 10.1. The van der Waals surface area contributed by atoms with Crippen molar-refractivity contribution in [1.29, 1.82) is 0 Å². The summed E-state index contributed by atoms with van der Waals surface area (Å²) in [7, 11) is 6.76. The van der Waals surface area contributed by atoms with E-state index < -0.39 is 11.2 Å². The van der Waals surface area contributed by atoms with Gasteiger partial charge in [0, 0.05) is 11.1 Å². The van der Waals surface area contributed by atoms with Gasteiger partial charge >= 0.3 is 0 Å². The summed E-state index contributed by atoms with van der Waals surface area (Å²) < 4.78 is 33.3. The molecule has 0 atom stereocenters. The van der Waals surface area contributed by atoms with E-state index in [1.165, 1.54) is 19.2 Å². The Morgan fingerprint density at radius 1 is 0.587 bits per heavy atom. The number of hydrogen-bond acceptors (Lipinski definition) is 11. The highest BCUT2D eigenvalue weighted by molar-refractivity contribution is 5.79. The molecule has 0 aliphatic rings. The third kappa shape index (κ3) is 17.2. The second-order valence-electron chi connectivity index (χ2n) is 14.5. The zero-order valence-corrected chi connectivity index (χ0v) is 30.6. The second-order valence-corrected chi connectivity index (χ2v) is 14.5. The van der Waals surface area contributed by atoms with Gasteiger partial charge in [-0.3, -0.25) is 14.5 Å². The molecule has 0 heterocycles. The van der Waals surface area contributed by atoms with Crippen LogP contribution in [-0.2, 0) is 9.47 Å². The molecule has 0 spiro atoms. The molecule has 0 aliphatic heterocycles. The molecule has 11 heteroatoms. The van der Waals surface area contributed by atoms with E-state index in [4.69, 9.17) is 33.9 Å². The number of methoxy groups -OCH3 is 2. The van der Waals surface area contributed by atoms with Crippen LogP contribution in [0.15, 0.2) is 24.3 Å². The fourth-order valence-corrected chi connectivity index (χ4v) is 3.41. The lowest BCUT2D eigenvalue weighted by Crippen LogP contribution is -2.43. The van der Waals surface area contributed by atoms with Gasteiger partial charge in [-0.15, -0.1) is 0 Å². The average Bonchev–Trinajstić information content (AvgIpc) is 2.85. The number of carbonyl (C=O) groups is 2. The first kappa shape index (κ1) is 42.5. The Balaban J connectivity index is 0.000000688. The summed E-state index contributed by atoms with van der Waals surface area (Å²) in [4.78, 5) is 23.3. The minimum atomic E-state index is -0.395. The first-order chi connectivity index (χ1) is 20.8. The number of aldehydes is 2. The van der Waals surface area contributed by atoms with Crippen LogP contribution in [0.3, 0.4) is 0 Å². The molecular weight excluding hydrogens is 594 g/mol. The number of ether oxygens (including phenoxy) is 6. The molecule has 0 fully saturated rings. The molecule has 0 aliphatic carbocycles. The van der Waals surface area contributed by atoms with Crippen molar-refractivity contribution in [3.8, 4) is 34.5 Å². The van der Waals surface area contributed by atoms with E-state index in [0.717, 1.165) is 6.29 Å². The summed E-state index contributed by atoms with van der Waals surface area (Å²) in [6.07, 6.45) is 0.999. The Morgan fingerprint density at radius 3 is 1.15 bits per heavy atom. The highest BCUT2D eigenvalue weighted by atomic mass is 16.7. The molecule has 2 aromatic carbocycles. The van der Waals surface area contributed by atoms with Gasteiger partial charge in [0.15, 0.2) is 23.0 Å². The van der Waals surface area contributed by atoms with E-state index in [0.29, 0.717) is 29.1 Å². The molecule has 46 heavy (non-hydrogen) atoms. The molecule has 0 saturated carbocycles. The Hall–Kier alpha value is -3.54. The molecule has 0 saturated heterocycles. The number of benzene rings is 2. The fraction of sp³-hybridized carbons (Fsp3) is 0.600. The molecule has 0 aromatic heterocycles. The van der Waals surface area contributed by atoms with Crippen molar-refractivity contribution in [1.82, 2.24) is 4.90 Å². The number of aromatic hydroxyl groups is 2. The normalized spacial score (nSPS) is 12.0. The maximum absolute atomic E-state index is 11.1. The molecule has 2 N–H and O–H groups in total. The van der Waals surface area contributed by atoms with Gasteiger partial charge in [0.2, 0.25) is 17.9 Å². The number of phenols is 2. The largest absolute Gasteiger partial charge is 0.504 e. The van der Waals surface area contributed by atoms with Gasteiger partial charge in [-0.1, -0.05) is 0 Å². The second kappa shape index (κ2) is 17.4. The third-order valence-electron chi connectivity index (χ3n) is 4.96. The maximum Gasteiger partial charge on any atom is 0.219 e. The van der Waals surface area contributed by atoms with Crippen LogP contribution in [-0.4, -0.2) is 84.8 Å². The first-order valence-electron chi connectivity index (χ1n) is 14.9. The van der Waals surface area contributed by atoms with Gasteiger partial charge < -0.3 is 38.6 Å². The van der Waals surface area contributed by atoms with Crippen molar-refractivity contribution in [3.05, 3.63) is 35.4 Å². The minimum absolute atomic E-state index is 0.0272. The molecule has 0 amide bonds. The predicted octanol–water partition coefficient (Wildman–Crippen LogP) is 7.24. The lowest BCUT2D eigenvalue weighted by molar-refractivity contribution is -0.285. The van der Waals surface area contributed by atoms with Crippen LogP contribution in [0.25, 0.3) is 0 Å². The summed E-state index contributed by atoms with van der Waals surface area (Å²) in [5.41, 5.74) is -0.489. The number of carbonyl (C=O) groups excluding carboxylic acids is 2. The van der Waals surface area contributed by atoms with E-state index in [9.17, 15) is 9.59 Å². The molecule has 0 unspecified atom stereocenters. The smallest absolute Gasteiger partial charge is 0.219 e. The summed E-state index contributed by atoms with van der Waals surface area (Å²) >= 11 is 0. The fourth-order valence-electron chi connectivity index (χ4n) is 3.41. The molecule has 0 radical (unpaired) electrons. The number of nitrogens with zero attached hydrogens (tertiary/aromatic N) is 1. The third-order valence-corrected chi connectivity index (χ3v) is 4.96. The highest BCUT2D eigenvalue weighted by Crippen LogP contribution is 2.41. The molecule has 2 aromatic rings. The Kier molecular flexibility index (Phi) is 16.1. The summed E-state index contributed by atoms with van der Waals surface area (Å²) in [6, 6.07) is 5.75. The van der Waals surface area contributed by atoms with Crippen LogP contribution in [0.5, 0.6) is 34.5 Å². The molecule has 11 nitrogen and oxygen atoms in total. The Bertz CT molecular complexity index is 1170. The van der Waals surface area contributed by atoms with Gasteiger partial charge in [-0.2, -0.15) is 0 Å². The van der Waals surface area contributed by atoms with Gasteiger partial charge in [-0.25, -0.2) is 0 Å². The Labute approximate surface area is 275 Å². The lowest BCUT2D eigenvalue weighted by Gasteiger charge is -2.35. The average molecular weight is 652 g/mol. The zero-order valence-electron chi connectivity index (χ0n) is 30.6. The highest BCUT2D eigenvalue weighted by Gasteiger charge is 2.26. The van der Waals surface area contributed by atoms with Gasteiger partial charge in [0.05, 0.1) is 25.4 Å². The van der Waals surface area contributed by atoms with E-state index in [2.05, 4.69) is 4.74 Å². The van der Waals surface area contributed by atoms with Crippen molar-refractivity contribution in [2.75, 3.05) is 28.3 Å². The first-order valence-corrected chi connectivity index (χ1v) is 14.9. The molecule has 0 bridgehead atoms. The number of phenolic OH excluding ortho intramolecular Hbond substituents is 2. The van der Waals surface area contributed by atoms with E-state index in [1.54, 1.807) is 19.2 Å². The number of hydrogen-bond donors (Lipinski definition) is 2. The van der Waals surface area contributed by atoms with Crippen LogP contribution < -0.4 is 18.9 Å². The Morgan fingerprint density at radius 2 is 0.913 bits per heavy atom. The van der Waals surface area contributed by atoms with Crippen molar-refractivity contribution in [2.45, 2.75) is 112 Å². The van der Waals surface area contributed by atoms with Crippen LogP contribution in [0.4, 0.5) is 0 Å². The van der Waals surface area contributed by atoms with Crippen LogP contribution in [0.1, 0.15) is 104 Å². The monoisotopic (exact) mass is 651 g/mol. The molecule has 2 rings (SSSR count). The van der Waals surface area contributed by atoms with Crippen LogP contribution in [0.2, 0.25) is 0 Å². The molecular formula is C35H57NO10. The topological polar surface area (TPSA) is 133 Å². The van der Waals surface area contributed by atoms with Crippen molar-refractivity contribution >= 4 is 12.6 Å². The minimum Gasteiger partial charge on any atom is -0.504 e. The summed E-state index contributed by atoms with van der Waals surface area (Å²) in [5.74, 6) is 0.980. The maximum atomic E-state index is 11.1. The van der Waals surface area contributed by atoms with Gasteiger partial charge in [0.25, 0.3) is 0 Å². The van der Waals surface area contributed by atoms with Gasteiger partial charge in [-0.05, 0) is 121 Å². The summed E-state index contributed by atoms with van der Waals surface area (Å²) in [5, 5.41) is 18.3. The predicted molar refractivity (Wildman–Crippen MR) is 180 cm³/mol. The van der Waals surface area contributed by atoms with Crippen LogP contribution in [0, 0.1) is 0 Å². The summed E-state index contributed by atoms with van der Waals surface area (Å²) in [6.45, 7) is 23.7. The zero-order chi connectivity index (χ0) is 36.3. The van der Waals surface area contributed by atoms with Crippen molar-refractivity contribution < 1.29 is 48.2 Å².